The fourth-order valence-corrected chi connectivity index (χ4v) is 1.69. The lowest BCUT2D eigenvalue weighted by Crippen LogP contribution is -2.23. The van der Waals surface area contributed by atoms with E-state index in [2.05, 4.69) is 10.5 Å². The van der Waals surface area contributed by atoms with Crippen LogP contribution in [0.25, 0.3) is 0 Å². The fraction of sp³-hybridized carbons (Fsp3) is 0.214. The van der Waals surface area contributed by atoms with E-state index in [9.17, 15) is 9.59 Å². The van der Waals surface area contributed by atoms with Gasteiger partial charge in [0.15, 0.2) is 13.2 Å². The molecular formula is C14H13ClN2O5. The summed E-state index contributed by atoms with van der Waals surface area (Å²) in [5.41, 5.74) is 0.517. The monoisotopic (exact) mass is 324 g/mol. The summed E-state index contributed by atoms with van der Waals surface area (Å²) in [6, 6.07) is 8.15. The van der Waals surface area contributed by atoms with Gasteiger partial charge in [0.1, 0.15) is 5.76 Å². The number of ether oxygens (including phenoxy) is 2. The van der Waals surface area contributed by atoms with Crippen molar-refractivity contribution in [3.63, 3.8) is 0 Å². The van der Waals surface area contributed by atoms with Gasteiger partial charge in [0.2, 0.25) is 0 Å². The normalized spacial score (nSPS) is 10.1. The van der Waals surface area contributed by atoms with Crippen LogP contribution in [-0.4, -0.2) is 30.2 Å². The Kier molecular flexibility index (Phi) is 5.37. The lowest BCUT2D eigenvalue weighted by molar-refractivity contribution is -0.149. The molecule has 1 amide bonds. The lowest BCUT2D eigenvalue weighted by Gasteiger charge is -2.07. The molecule has 2 aromatic rings. The molecule has 0 unspecified atom stereocenters. The third kappa shape index (κ3) is 5.10. The van der Waals surface area contributed by atoms with Crippen LogP contribution < -0.4 is 10.1 Å². The van der Waals surface area contributed by atoms with E-state index in [1.807, 2.05) is 0 Å². The van der Waals surface area contributed by atoms with Gasteiger partial charge in [-0.05, 0) is 30.3 Å². The van der Waals surface area contributed by atoms with E-state index in [1.165, 1.54) is 6.07 Å². The van der Waals surface area contributed by atoms with Crippen molar-refractivity contribution in [2.24, 2.45) is 0 Å². The van der Waals surface area contributed by atoms with Crippen LogP contribution in [0, 0.1) is 6.92 Å². The van der Waals surface area contributed by atoms with E-state index in [0.717, 1.165) is 0 Å². The average Bonchev–Trinajstić information content (AvgIpc) is 2.89. The van der Waals surface area contributed by atoms with E-state index < -0.39 is 18.5 Å². The van der Waals surface area contributed by atoms with Gasteiger partial charge in [-0.1, -0.05) is 17.7 Å². The van der Waals surface area contributed by atoms with Gasteiger partial charge >= 0.3 is 5.97 Å². The first kappa shape index (κ1) is 15.8. The molecule has 116 valence electrons. The van der Waals surface area contributed by atoms with Crippen molar-refractivity contribution < 1.29 is 23.6 Å². The molecule has 0 spiro atoms. The number of aryl methyl sites for hydroxylation is 1. The van der Waals surface area contributed by atoms with E-state index >= 15 is 0 Å². The molecule has 1 aromatic heterocycles. The number of aromatic nitrogens is 1. The second kappa shape index (κ2) is 7.46. The largest absolute Gasteiger partial charge is 0.463 e. The molecule has 0 aliphatic carbocycles. The van der Waals surface area contributed by atoms with Gasteiger partial charge in [-0.2, -0.15) is 0 Å². The first-order valence-electron chi connectivity index (χ1n) is 6.30. The molecule has 2 rings (SSSR count). The van der Waals surface area contributed by atoms with Crippen LogP contribution in [0.15, 0.2) is 34.9 Å². The van der Waals surface area contributed by atoms with E-state index in [0.29, 0.717) is 16.5 Å². The minimum Gasteiger partial charge on any atom is -0.463 e. The molecule has 0 bridgehead atoms. The summed E-state index contributed by atoms with van der Waals surface area (Å²) in [5, 5.41) is 6.59. The Labute approximate surface area is 131 Å². The summed E-state index contributed by atoms with van der Waals surface area (Å²) >= 11 is 5.79. The number of hydrogen-bond donors (Lipinski definition) is 1. The van der Waals surface area contributed by atoms with Crippen molar-refractivity contribution in [1.82, 2.24) is 5.16 Å². The number of rotatable bonds is 6. The number of amides is 1. The highest BCUT2D eigenvalue weighted by molar-refractivity contribution is 6.30. The number of nitrogens with one attached hydrogen (secondary N) is 1. The SMILES string of the molecule is Cc1cc(OCC(=O)OCC(=O)Nc2cccc(Cl)c2)no1. The Morgan fingerprint density at radius 2 is 2.14 bits per heavy atom. The number of hydrogen-bond acceptors (Lipinski definition) is 6. The quantitative estimate of drug-likeness (QED) is 0.819. The van der Waals surface area contributed by atoms with Crippen LogP contribution in [0.4, 0.5) is 5.69 Å². The van der Waals surface area contributed by atoms with Crippen LogP contribution in [-0.2, 0) is 14.3 Å². The second-order valence-corrected chi connectivity index (χ2v) is 4.72. The number of esters is 1. The minimum atomic E-state index is -0.693. The standard InChI is InChI=1S/C14H13ClN2O5/c1-9-5-13(17-22-9)20-8-14(19)21-7-12(18)16-11-4-2-3-10(15)6-11/h2-6H,7-8H2,1H3,(H,16,18). The molecule has 0 saturated carbocycles. The molecule has 0 aliphatic rings. The third-order valence-corrected chi connectivity index (χ3v) is 2.65. The Morgan fingerprint density at radius 3 is 2.82 bits per heavy atom. The summed E-state index contributed by atoms with van der Waals surface area (Å²) in [4.78, 5) is 23.0. The van der Waals surface area contributed by atoms with Crippen LogP contribution in [0.5, 0.6) is 5.88 Å². The molecule has 1 aromatic carbocycles. The summed E-state index contributed by atoms with van der Waals surface area (Å²) in [5.74, 6) is -0.433. The number of benzene rings is 1. The number of halogens is 1. The van der Waals surface area contributed by atoms with Crippen LogP contribution >= 0.6 is 11.6 Å². The first-order valence-corrected chi connectivity index (χ1v) is 6.68. The van der Waals surface area contributed by atoms with Crippen molar-refractivity contribution >= 4 is 29.2 Å². The number of carbonyl (C=O) groups excluding carboxylic acids is 2. The smallest absolute Gasteiger partial charge is 0.344 e. The number of anilines is 1. The first-order chi connectivity index (χ1) is 10.5. The van der Waals surface area contributed by atoms with Gasteiger partial charge in [-0.15, -0.1) is 0 Å². The molecule has 0 fully saturated rings. The Balaban J connectivity index is 1.70. The molecule has 22 heavy (non-hydrogen) atoms. The second-order valence-electron chi connectivity index (χ2n) is 4.28. The molecule has 8 heteroatoms. The molecule has 0 radical (unpaired) electrons. The molecule has 7 nitrogen and oxygen atoms in total. The lowest BCUT2D eigenvalue weighted by atomic mass is 10.3. The maximum atomic E-state index is 11.6. The number of carbonyl (C=O) groups is 2. The van der Waals surface area contributed by atoms with Gasteiger partial charge in [-0.25, -0.2) is 4.79 Å². The summed E-state index contributed by atoms with van der Waals surface area (Å²) in [6.07, 6.45) is 0. The van der Waals surface area contributed by atoms with Gasteiger partial charge < -0.3 is 19.3 Å². The summed E-state index contributed by atoms with van der Waals surface area (Å²) in [7, 11) is 0. The Hall–Kier alpha value is -2.54. The van der Waals surface area contributed by atoms with E-state index in [4.69, 9.17) is 25.6 Å². The molecule has 1 heterocycles. The van der Waals surface area contributed by atoms with Crippen LogP contribution in [0.1, 0.15) is 5.76 Å². The molecular weight excluding hydrogens is 312 g/mol. The van der Waals surface area contributed by atoms with E-state index in [-0.39, 0.29) is 12.5 Å². The van der Waals surface area contributed by atoms with Crippen molar-refractivity contribution in [2.45, 2.75) is 6.92 Å². The van der Waals surface area contributed by atoms with Crippen molar-refractivity contribution in [1.29, 1.82) is 0 Å². The van der Waals surface area contributed by atoms with Crippen LogP contribution in [0.2, 0.25) is 5.02 Å². The number of nitrogens with zero attached hydrogens (tertiary/aromatic N) is 1. The minimum absolute atomic E-state index is 0.179. The molecule has 1 N–H and O–H groups in total. The zero-order valence-corrected chi connectivity index (χ0v) is 12.4. The van der Waals surface area contributed by atoms with Crippen molar-refractivity contribution in [3.8, 4) is 5.88 Å². The highest BCUT2D eigenvalue weighted by Crippen LogP contribution is 2.14. The topological polar surface area (TPSA) is 90.7 Å². The zero-order valence-electron chi connectivity index (χ0n) is 11.7. The van der Waals surface area contributed by atoms with Gasteiger partial charge in [0, 0.05) is 16.8 Å². The Morgan fingerprint density at radius 1 is 1.32 bits per heavy atom. The average molecular weight is 325 g/mol. The molecule has 0 aliphatic heterocycles. The highest BCUT2D eigenvalue weighted by atomic mass is 35.5. The van der Waals surface area contributed by atoms with Gasteiger partial charge in [0.05, 0.1) is 0 Å². The molecule has 0 saturated heterocycles. The molecule has 0 atom stereocenters. The Bertz CT molecular complexity index is 671. The highest BCUT2D eigenvalue weighted by Gasteiger charge is 2.10. The predicted molar refractivity (Wildman–Crippen MR) is 77.8 cm³/mol. The predicted octanol–water partition coefficient (Wildman–Crippen LogP) is 2.20. The zero-order chi connectivity index (χ0) is 15.9. The third-order valence-electron chi connectivity index (χ3n) is 2.42. The van der Waals surface area contributed by atoms with Crippen molar-refractivity contribution in [2.75, 3.05) is 18.5 Å². The van der Waals surface area contributed by atoms with Crippen molar-refractivity contribution in [3.05, 3.63) is 41.1 Å². The fourth-order valence-electron chi connectivity index (χ4n) is 1.50. The van der Waals surface area contributed by atoms with Gasteiger partial charge in [-0.3, -0.25) is 4.79 Å². The van der Waals surface area contributed by atoms with Gasteiger partial charge in [0.25, 0.3) is 11.8 Å². The summed E-state index contributed by atoms with van der Waals surface area (Å²) in [6.45, 7) is 0.904. The summed E-state index contributed by atoms with van der Waals surface area (Å²) < 4.78 is 14.6. The van der Waals surface area contributed by atoms with Crippen LogP contribution in [0.3, 0.4) is 0 Å². The maximum Gasteiger partial charge on any atom is 0.344 e. The maximum absolute atomic E-state index is 11.6. The van der Waals surface area contributed by atoms with E-state index in [1.54, 1.807) is 31.2 Å².